The van der Waals surface area contributed by atoms with E-state index in [1.807, 2.05) is 0 Å². The Labute approximate surface area is 124 Å². The van der Waals surface area contributed by atoms with Crippen LogP contribution in [0.5, 0.6) is 0 Å². The summed E-state index contributed by atoms with van der Waals surface area (Å²) in [5.74, 6) is 0.0220. The van der Waals surface area contributed by atoms with Gasteiger partial charge in [0.15, 0.2) is 0 Å². The number of halogens is 1. The highest BCUT2D eigenvalue weighted by Gasteiger charge is 2.31. The highest BCUT2D eigenvalue weighted by molar-refractivity contribution is 7.92. The van der Waals surface area contributed by atoms with Gasteiger partial charge in [0.2, 0.25) is 10.0 Å². The Morgan fingerprint density at radius 2 is 2.05 bits per heavy atom. The lowest BCUT2D eigenvalue weighted by Crippen LogP contribution is -2.28. The van der Waals surface area contributed by atoms with Crippen molar-refractivity contribution >= 4 is 27.7 Å². The lowest BCUT2D eigenvalue weighted by atomic mass is 10.0. The van der Waals surface area contributed by atoms with Gasteiger partial charge in [0.25, 0.3) is 0 Å². The van der Waals surface area contributed by atoms with E-state index in [4.69, 9.17) is 11.6 Å². The summed E-state index contributed by atoms with van der Waals surface area (Å²) in [6.45, 7) is 2.54. The third-order valence-corrected chi connectivity index (χ3v) is 5.32. The predicted molar refractivity (Wildman–Crippen MR) is 80.8 cm³/mol. The van der Waals surface area contributed by atoms with Gasteiger partial charge < -0.3 is 5.11 Å². The van der Waals surface area contributed by atoms with Crippen LogP contribution in [0, 0.1) is 5.92 Å². The molecule has 0 saturated carbocycles. The first-order valence-corrected chi connectivity index (χ1v) is 8.38. The fourth-order valence-corrected chi connectivity index (χ4v) is 3.59. The van der Waals surface area contributed by atoms with Crippen molar-refractivity contribution in [1.82, 2.24) is 4.31 Å². The van der Waals surface area contributed by atoms with Crippen LogP contribution in [0.3, 0.4) is 0 Å². The SMILES string of the molecule is CC(O)C1CCN(S(=O)(=O)/C=C/c2ccc(Cl)cc2)C1. The molecule has 1 aliphatic rings. The molecule has 2 atom stereocenters. The van der Waals surface area contributed by atoms with Gasteiger partial charge in [0.05, 0.1) is 6.10 Å². The van der Waals surface area contributed by atoms with E-state index < -0.39 is 16.1 Å². The maximum absolute atomic E-state index is 12.2. The first kappa shape index (κ1) is 15.5. The number of sulfonamides is 1. The van der Waals surface area contributed by atoms with E-state index in [2.05, 4.69) is 0 Å². The Morgan fingerprint density at radius 1 is 1.40 bits per heavy atom. The number of benzene rings is 1. The van der Waals surface area contributed by atoms with Crippen molar-refractivity contribution in [3.63, 3.8) is 0 Å². The van der Waals surface area contributed by atoms with Crippen molar-refractivity contribution in [2.45, 2.75) is 19.4 Å². The van der Waals surface area contributed by atoms with Gasteiger partial charge >= 0.3 is 0 Å². The smallest absolute Gasteiger partial charge is 0.236 e. The van der Waals surface area contributed by atoms with Gasteiger partial charge in [0.1, 0.15) is 0 Å². The van der Waals surface area contributed by atoms with Crippen LogP contribution in [0.25, 0.3) is 6.08 Å². The van der Waals surface area contributed by atoms with E-state index in [0.717, 1.165) is 5.56 Å². The molecule has 1 N–H and O–H groups in total. The highest BCUT2D eigenvalue weighted by atomic mass is 35.5. The van der Waals surface area contributed by atoms with E-state index >= 15 is 0 Å². The molecule has 0 spiro atoms. The molecular formula is C14H18ClNO3S. The van der Waals surface area contributed by atoms with E-state index in [1.54, 1.807) is 37.3 Å². The van der Waals surface area contributed by atoms with E-state index in [1.165, 1.54) is 9.71 Å². The van der Waals surface area contributed by atoms with Crippen LogP contribution >= 0.6 is 11.6 Å². The minimum absolute atomic E-state index is 0.0220. The first-order chi connectivity index (χ1) is 9.38. The molecule has 2 rings (SSSR count). The van der Waals surface area contributed by atoms with Gasteiger partial charge in [-0.2, -0.15) is 4.31 Å². The van der Waals surface area contributed by atoms with Crippen molar-refractivity contribution < 1.29 is 13.5 Å². The number of hydrogen-bond acceptors (Lipinski definition) is 3. The molecule has 6 heteroatoms. The van der Waals surface area contributed by atoms with Crippen LogP contribution in [-0.2, 0) is 10.0 Å². The first-order valence-electron chi connectivity index (χ1n) is 6.50. The summed E-state index contributed by atoms with van der Waals surface area (Å²) in [5, 5.41) is 11.3. The van der Waals surface area contributed by atoms with Gasteiger partial charge in [0, 0.05) is 23.5 Å². The number of hydrogen-bond donors (Lipinski definition) is 1. The van der Waals surface area contributed by atoms with Gasteiger partial charge in [-0.25, -0.2) is 8.42 Å². The molecule has 2 unspecified atom stereocenters. The summed E-state index contributed by atoms with van der Waals surface area (Å²) in [6.07, 6.45) is 1.78. The minimum atomic E-state index is -3.43. The van der Waals surface area contributed by atoms with Gasteiger partial charge in [-0.15, -0.1) is 0 Å². The molecule has 1 saturated heterocycles. The van der Waals surface area contributed by atoms with Crippen molar-refractivity contribution in [3.8, 4) is 0 Å². The topological polar surface area (TPSA) is 57.6 Å². The highest BCUT2D eigenvalue weighted by Crippen LogP contribution is 2.23. The standard InChI is InChI=1S/C14H18ClNO3S/c1-11(17)13-6-8-16(10-13)20(18,19)9-7-12-2-4-14(15)5-3-12/h2-5,7,9,11,13,17H,6,8,10H2,1H3/b9-7+. The Kier molecular flexibility index (Phi) is 4.86. The average molecular weight is 316 g/mol. The van der Waals surface area contributed by atoms with E-state index in [0.29, 0.717) is 24.5 Å². The Hall–Kier alpha value is -0.880. The second-order valence-corrected chi connectivity index (χ2v) is 7.30. The second kappa shape index (κ2) is 6.26. The average Bonchev–Trinajstić information content (AvgIpc) is 2.89. The predicted octanol–water partition coefficient (Wildman–Crippen LogP) is 2.34. The Balaban J connectivity index is 2.06. The third-order valence-electron chi connectivity index (χ3n) is 3.53. The lowest BCUT2D eigenvalue weighted by Gasteiger charge is -2.15. The quantitative estimate of drug-likeness (QED) is 0.928. The second-order valence-electron chi connectivity index (χ2n) is 5.05. The van der Waals surface area contributed by atoms with Crippen LogP contribution in [0.15, 0.2) is 29.7 Å². The van der Waals surface area contributed by atoms with Crippen molar-refractivity contribution in [1.29, 1.82) is 0 Å². The summed E-state index contributed by atoms with van der Waals surface area (Å²) < 4.78 is 25.8. The van der Waals surface area contributed by atoms with Crippen LogP contribution in [0.1, 0.15) is 18.9 Å². The molecule has 1 heterocycles. The van der Waals surface area contributed by atoms with E-state index in [-0.39, 0.29) is 5.92 Å². The molecule has 1 aromatic rings. The fourth-order valence-electron chi connectivity index (χ4n) is 2.20. The number of aliphatic hydroxyl groups excluding tert-OH is 1. The third kappa shape index (κ3) is 3.82. The van der Waals surface area contributed by atoms with Gasteiger partial charge in [-0.3, -0.25) is 0 Å². The van der Waals surface area contributed by atoms with Crippen LogP contribution < -0.4 is 0 Å². The molecule has 20 heavy (non-hydrogen) atoms. The molecule has 1 aromatic carbocycles. The number of rotatable bonds is 4. The molecule has 0 radical (unpaired) electrons. The Bertz CT molecular complexity index is 581. The molecule has 0 aromatic heterocycles. The maximum Gasteiger partial charge on any atom is 0.236 e. The molecule has 110 valence electrons. The summed E-state index contributed by atoms with van der Waals surface area (Å²) in [6, 6.07) is 6.95. The van der Waals surface area contributed by atoms with Crippen molar-refractivity contribution in [2.75, 3.05) is 13.1 Å². The molecule has 0 bridgehead atoms. The zero-order valence-electron chi connectivity index (χ0n) is 11.2. The molecule has 1 aliphatic heterocycles. The normalized spacial score (nSPS) is 22.4. The van der Waals surface area contributed by atoms with Crippen LogP contribution in [0.4, 0.5) is 0 Å². The summed E-state index contributed by atoms with van der Waals surface area (Å²) >= 11 is 5.78. The lowest BCUT2D eigenvalue weighted by molar-refractivity contribution is 0.133. The number of aliphatic hydroxyl groups is 1. The van der Waals surface area contributed by atoms with Crippen LogP contribution in [0.2, 0.25) is 5.02 Å². The maximum atomic E-state index is 12.2. The zero-order chi connectivity index (χ0) is 14.8. The fraction of sp³-hybridized carbons (Fsp3) is 0.429. The van der Waals surface area contributed by atoms with Gasteiger partial charge in [-0.05, 0) is 43.0 Å². The summed E-state index contributed by atoms with van der Waals surface area (Å²) in [5.41, 5.74) is 0.782. The summed E-state index contributed by atoms with van der Waals surface area (Å²) in [7, 11) is -3.43. The molecule has 0 amide bonds. The van der Waals surface area contributed by atoms with Gasteiger partial charge in [-0.1, -0.05) is 23.7 Å². The minimum Gasteiger partial charge on any atom is -0.393 e. The molecule has 1 fully saturated rings. The monoisotopic (exact) mass is 315 g/mol. The van der Waals surface area contributed by atoms with E-state index in [9.17, 15) is 13.5 Å². The summed E-state index contributed by atoms with van der Waals surface area (Å²) in [4.78, 5) is 0. The van der Waals surface area contributed by atoms with Crippen molar-refractivity contribution in [3.05, 3.63) is 40.3 Å². The number of nitrogens with zero attached hydrogens (tertiary/aromatic N) is 1. The molecule has 4 nitrogen and oxygen atoms in total. The molecular weight excluding hydrogens is 298 g/mol. The molecule has 0 aliphatic carbocycles. The Morgan fingerprint density at radius 3 is 2.60 bits per heavy atom. The zero-order valence-corrected chi connectivity index (χ0v) is 12.8. The van der Waals surface area contributed by atoms with Crippen molar-refractivity contribution in [2.24, 2.45) is 5.92 Å². The largest absolute Gasteiger partial charge is 0.393 e. The van der Waals surface area contributed by atoms with Crippen LogP contribution in [-0.4, -0.2) is 37.0 Å².